The van der Waals surface area contributed by atoms with E-state index in [1.165, 1.54) is 5.56 Å². The number of ketones is 1. The largest absolute Gasteiger partial charge is 0.497 e. The standard InChI is InChI=1S/C26H28N2O2/c1-30-24-14-12-21(13-15-24)20-27-16-18-28(19-17-27)25(22-8-4-2-5-9-22)26(29)23-10-6-3-7-11-23/h2-15,25H,16-20H2,1H3. The smallest absolute Gasteiger partial charge is 0.184 e. The van der Waals surface area contributed by atoms with Crippen molar-refractivity contribution in [1.29, 1.82) is 0 Å². The quantitative estimate of drug-likeness (QED) is 0.549. The number of ether oxygens (including phenoxy) is 1. The van der Waals surface area contributed by atoms with Crippen molar-refractivity contribution in [2.45, 2.75) is 12.6 Å². The first-order valence-electron chi connectivity index (χ1n) is 10.5. The minimum Gasteiger partial charge on any atom is -0.497 e. The van der Waals surface area contributed by atoms with Crippen LogP contribution >= 0.6 is 0 Å². The van der Waals surface area contributed by atoms with Crippen molar-refractivity contribution in [3.8, 4) is 5.75 Å². The Kier molecular flexibility index (Phi) is 6.57. The lowest BCUT2D eigenvalue weighted by atomic mass is 9.95. The zero-order chi connectivity index (χ0) is 20.8. The SMILES string of the molecule is COc1ccc(CN2CCN(C(C(=O)c3ccccc3)c3ccccc3)CC2)cc1. The maximum atomic E-state index is 13.4. The summed E-state index contributed by atoms with van der Waals surface area (Å²) in [6.07, 6.45) is 0. The number of benzene rings is 3. The molecular weight excluding hydrogens is 372 g/mol. The van der Waals surface area contributed by atoms with Crippen molar-refractivity contribution in [2.75, 3.05) is 33.3 Å². The van der Waals surface area contributed by atoms with Gasteiger partial charge >= 0.3 is 0 Å². The van der Waals surface area contributed by atoms with Gasteiger partial charge in [-0.05, 0) is 23.3 Å². The first kappa shape index (κ1) is 20.3. The Bertz CT molecular complexity index is 934. The molecule has 4 nitrogen and oxygen atoms in total. The van der Waals surface area contributed by atoms with Gasteiger partial charge in [-0.2, -0.15) is 0 Å². The maximum Gasteiger partial charge on any atom is 0.184 e. The number of hydrogen-bond donors (Lipinski definition) is 0. The summed E-state index contributed by atoms with van der Waals surface area (Å²) in [5.41, 5.74) is 3.12. The predicted octanol–water partition coefficient (Wildman–Crippen LogP) is 4.44. The molecule has 1 unspecified atom stereocenters. The fourth-order valence-electron chi connectivity index (χ4n) is 4.09. The summed E-state index contributed by atoms with van der Waals surface area (Å²) in [5.74, 6) is 1.05. The van der Waals surface area contributed by atoms with Gasteiger partial charge in [-0.3, -0.25) is 14.6 Å². The van der Waals surface area contributed by atoms with Gasteiger partial charge in [0.05, 0.1) is 13.2 Å². The van der Waals surface area contributed by atoms with Crippen LogP contribution in [0, 0.1) is 0 Å². The van der Waals surface area contributed by atoms with E-state index in [1.807, 2.05) is 60.7 Å². The van der Waals surface area contributed by atoms with Gasteiger partial charge in [-0.25, -0.2) is 0 Å². The molecule has 0 spiro atoms. The van der Waals surface area contributed by atoms with Crippen LogP contribution in [0.4, 0.5) is 0 Å². The Labute approximate surface area is 178 Å². The molecule has 1 fully saturated rings. The van der Waals surface area contributed by atoms with Gasteiger partial charge in [0.1, 0.15) is 5.75 Å². The summed E-state index contributed by atoms with van der Waals surface area (Å²) in [7, 11) is 1.69. The molecule has 3 aromatic carbocycles. The topological polar surface area (TPSA) is 32.8 Å². The molecule has 0 saturated carbocycles. The van der Waals surface area contributed by atoms with Crippen molar-refractivity contribution in [3.63, 3.8) is 0 Å². The molecule has 154 valence electrons. The van der Waals surface area contributed by atoms with Gasteiger partial charge in [-0.15, -0.1) is 0 Å². The van der Waals surface area contributed by atoms with Gasteiger partial charge in [0.25, 0.3) is 0 Å². The molecule has 1 aliphatic rings. The Hall–Kier alpha value is -2.95. The number of Topliss-reactive ketones (excluding diaryl/α,β-unsaturated/α-hetero) is 1. The van der Waals surface area contributed by atoms with E-state index in [1.54, 1.807) is 7.11 Å². The van der Waals surface area contributed by atoms with Crippen molar-refractivity contribution in [1.82, 2.24) is 9.80 Å². The number of rotatable bonds is 7. The molecule has 3 aromatic rings. The molecule has 30 heavy (non-hydrogen) atoms. The lowest BCUT2D eigenvalue weighted by molar-refractivity contribution is 0.0650. The molecule has 0 radical (unpaired) electrons. The highest BCUT2D eigenvalue weighted by Gasteiger charge is 2.30. The van der Waals surface area contributed by atoms with Crippen LogP contribution in [-0.4, -0.2) is 48.9 Å². The molecule has 4 heteroatoms. The van der Waals surface area contributed by atoms with Gasteiger partial charge in [-0.1, -0.05) is 72.8 Å². The summed E-state index contributed by atoms with van der Waals surface area (Å²) >= 11 is 0. The molecule has 0 aromatic heterocycles. The third kappa shape index (κ3) is 4.78. The highest BCUT2D eigenvalue weighted by atomic mass is 16.5. The molecule has 1 saturated heterocycles. The van der Waals surface area contributed by atoms with Gasteiger partial charge in [0.2, 0.25) is 0 Å². The fourth-order valence-corrected chi connectivity index (χ4v) is 4.09. The minimum atomic E-state index is -0.239. The molecule has 0 N–H and O–H groups in total. The number of methoxy groups -OCH3 is 1. The van der Waals surface area contributed by atoms with Crippen molar-refractivity contribution < 1.29 is 9.53 Å². The monoisotopic (exact) mass is 400 g/mol. The third-order valence-electron chi connectivity index (χ3n) is 5.76. The number of carbonyl (C=O) groups excluding carboxylic acids is 1. The predicted molar refractivity (Wildman–Crippen MR) is 120 cm³/mol. The summed E-state index contributed by atoms with van der Waals surface area (Å²) in [6, 6.07) is 27.8. The summed E-state index contributed by atoms with van der Waals surface area (Å²) in [6.45, 7) is 4.54. The van der Waals surface area contributed by atoms with E-state index in [0.717, 1.165) is 49.6 Å². The summed E-state index contributed by atoms with van der Waals surface area (Å²) in [5, 5.41) is 0. The van der Waals surface area contributed by atoms with Gasteiger partial charge in [0.15, 0.2) is 5.78 Å². The van der Waals surface area contributed by atoms with E-state index >= 15 is 0 Å². The number of carbonyl (C=O) groups is 1. The van der Waals surface area contributed by atoms with E-state index in [2.05, 4.69) is 34.1 Å². The van der Waals surface area contributed by atoms with Crippen LogP contribution in [0.15, 0.2) is 84.9 Å². The number of nitrogens with zero attached hydrogens (tertiary/aromatic N) is 2. The van der Waals surface area contributed by atoms with Crippen LogP contribution in [0.2, 0.25) is 0 Å². The second-order valence-electron chi connectivity index (χ2n) is 7.70. The Balaban J connectivity index is 1.46. The van der Waals surface area contributed by atoms with E-state index in [0.29, 0.717) is 0 Å². The Morgan fingerprint density at radius 3 is 2.03 bits per heavy atom. The zero-order valence-corrected chi connectivity index (χ0v) is 17.4. The van der Waals surface area contributed by atoms with Gasteiger partial charge in [0, 0.05) is 38.3 Å². The first-order chi connectivity index (χ1) is 14.7. The molecular formula is C26H28N2O2. The lowest BCUT2D eigenvalue weighted by Crippen LogP contribution is -2.48. The molecule has 1 aliphatic heterocycles. The van der Waals surface area contributed by atoms with Crippen LogP contribution in [0.1, 0.15) is 27.5 Å². The Morgan fingerprint density at radius 1 is 0.833 bits per heavy atom. The highest BCUT2D eigenvalue weighted by Crippen LogP contribution is 2.27. The second-order valence-corrected chi connectivity index (χ2v) is 7.70. The summed E-state index contributed by atoms with van der Waals surface area (Å²) < 4.78 is 5.25. The normalized spacial score (nSPS) is 16.2. The average molecular weight is 401 g/mol. The second kappa shape index (κ2) is 9.70. The van der Waals surface area contributed by atoms with Crippen molar-refractivity contribution >= 4 is 5.78 Å². The highest BCUT2D eigenvalue weighted by molar-refractivity contribution is 6.00. The molecule has 4 rings (SSSR count). The Morgan fingerprint density at radius 2 is 1.43 bits per heavy atom. The molecule has 1 heterocycles. The van der Waals surface area contributed by atoms with E-state index in [9.17, 15) is 4.79 Å². The first-order valence-corrected chi connectivity index (χ1v) is 10.5. The zero-order valence-electron chi connectivity index (χ0n) is 17.4. The number of piperazine rings is 1. The number of hydrogen-bond acceptors (Lipinski definition) is 4. The minimum absolute atomic E-state index is 0.172. The lowest BCUT2D eigenvalue weighted by Gasteiger charge is -2.39. The molecule has 0 bridgehead atoms. The molecule has 0 amide bonds. The van der Waals surface area contributed by atoms with Gasteiger partial charge < -0.3 is 4.74 Å². The average Bonchev–Trinajstić information content (AvgIpc) is 2.82. The van der Waals surface area contributed by atoms with Crippen LogP contribution < -0.4 is 4.74 Å². The van der Waals surface area contributed by atoms with Crippen LogP contribution in [0.25, 0.3) is 0 Å². The van der Waals surface area contributed by atoms with E-state index in [-0.39, 0.29) is 11.8 Å². The molecule has 1 atom stereocenters. The van der Waals surface area contributed by atoms with E-state index in [4.69, 9.17) is 4.74 Å². The van der Waals surface area contributed by atoms with Crippen LogP contribution in [0.5, 0.6) is 5.75 Å². The summed E-state index contributed by atoms with van der Waals surface area (Å²) in [4.78, 5) is 18.2. The fraction of sp³-hybridized carbons (Fsp3) is 0.269. The van der Waals surface area contributed by atoms with E-state index < -0.39 is 0 Å². The maximum absolute atomic E-state index is 13.4. The van der Waals surface area contributed by atoms with Crippen LogP contribution in [-0.2, 0) is 6.54 Å². The van der Waals surface area contributed by atoms with Crippen LogP contribution in [0.3, 0.4) is 0 Å². The third-order valence-corrected chi connectivity index (χ3v) is 5.76. The van der Waals surface area contributed by atoms with Crippen molar-refractivity contribution in [2.24, 2.45) is 0 Å². The molecule has 0 aliphatic carbocycles. The van der Waals surface area contributed by atoms with Crippen molar-refractivity contribution in [3.05, 3.63) is 102 Å².